The number of thioether (sulfide) groups is 1. The normalized spacial score (nSPS) is 18.8. The van der Waals surface area contributed by atoms with Gasteiger partial charge in [-0.25, -0.2) is 4.98 Å². The Labute approximate surface area is 263 Å². The SMILES string of the molecule is CCn1nc(C)cc1C(=O)Nc1nc2cc(C(N)=O)cc(OC)c2n1CCCNC(=O)[C@@H]1CSC2(Cc3ccccc3C2=O)N1. The van der Waals surface area contributed by atoms with Gasteiger partial charge >= 0.3 is 0 Å². The third-order valence-corrected chi connectivity index (χ3v) is 9.56. The summed E-state index contributed by atoms with van der Waals surface area (Å²) < 4.78 is 8.98. The van der Waals surface area contributed by atoms with Gasteiger partial charge in [-0.15, -0.1) is 11.8 Å². The van der Waals surface area contributed by atoms with E-state index in [-0.39, 0.29) is 23.2 Å². The molecule has 2 aromatic heterocycles. The number of amides is 3. The van der Waals surface area contributed by atoms with E-state index in [1.165, 1.54) is 24.9 Å². The maximum absolute atomic E-state index is 13.3. The highest BCUT2D eigenvalue weighted by Crippen LogP contribution is 2.42. The van der Waals surface area contributed by atoms with E-state index < -0.39 is 22.7 Å². The Morgan fingerprint density at radius 1 is 1.22 bits per heavy atom. The van der Waals surface area contributed by atoms with Crippen molar-refractivity contribution >= 4 is 52.2 Å². The van der Waals surface area contributed by atoms with Crippen LogP contribution in [-0.4, -0.2) is 73.2 Å². The van der Waals surface area contributed by atoms with Crippen molar-refractivity contribution in [3.05, 3.63) is 70.5 Å². The molecule has 3 heterocycles. The van der Waals surface area contributed by atoms with Crippen LogP contribution in [0.1, 0.15) is 55.8 Å². The number of nitrogens with two attached hydrogens (primary N) is 1. The molecule has 1 aliphatic carbocycles. The second-order valence-corrected chi connectivity index (χ2v) is 12.4. The van der Waals surface area contributed by atoms with Gasteiger partial charge in [0.25, 0.3) is 5.91 Å². The molecule has 0 bridgehead atoms. The number of nitrogens with zero attached hydrogens (tertiary/aromatic N) is 4. The van der Waals surface area contributed by atoms with Gasteiger partial charge in [-0.2, -0.15) is 5.10 Å². The number of ketones is 1. The lowest BCUT2D eigenvalue weighted by atomic mass is 10.1. The van der Waals surface area contributed by atoms with Gasteiger partial charge in [-0.1, -0.05) is 24.3 Å². The fourth-order valence-electron chi connectivity index (χ4n) is 5.97. The Balaban J connectivity index is 1.17. The Kier molecular flexibility index (Phi) is 8.10. The van der Waals surface area contributed by atoms with Crippen LogP contribution in [0, 0.1) is 6.92 Å². The third kappa shape index (κ3) is 5.55. The first kappa shape index (κ1) is 30.3. The molecule has 1 spiro atoms. The van der Waals surface area contributed by atoms with Gasteiger partial charge in [0.15, 0.2) is 5.78 Å². The highest BCUT2D eigenvalue weighted by Gasteiger charge is 2.52. The van der Waals surface area contributed by atoms with Crippen LogP contribution in [-0.2, 0) is 24.3 Å². The van der Waals surface area contributed by atoms with E-state index in [1.54, 1.807) is 21.4 Å². The molecule has 1 saturated heterocycles. The largest absolute Gasteiger partial charge is 0.494 e. The molecule has 0 saturated carbocycles. The van der Waals surface area contributed by atoms with Crippen molar-refractivity contribution in [1.29, 1.82) is 0 Å². The molecule has 0 radical (unpaired) electrons. The van der Waals surface area contributed by atoms with E-state index in [9.17, 15) is 19.2 Å². The number of methoxy groups -OCH3 is 1. The number of rotatable bonds is 10. The minimum atomic E-state index is -0.805. The van der Waals surface area contributed by atoms with Gasteiger partial charge in [0.2, 0.25) is 17.8 Å². The summed E-state index contributed by atoms with van der Waals surface area (Å²) in [6, 6.07) is 11.8. The number of Topliss-reactive ketones (excluding diaryl/α,β-unsaturated/α-hetero) is 1. The average molecular weight is 631 g/mol. The van der Waals surface area contributed by atoms with Crippen LogP contribution in [0.25, 0.3) is 11.0 Å². The molecule has 14 heteroatoms. The number of primary amides is 1. The maximum Gasteiger partial charge on any atom is 0.276 e. The smallest absolute Gasteiger partial charge is 0.276 e. The fourth-order valence-corrected chi connectivity index (χ4v) is 7.38. The minimum absolute atomic E-state index is 0.0190. The summed E-state index contributed by atoms with van der Waals surface area (Å²) in [5.41, 5.74) is 9.54. The molecule has 1 unspecified atom stereocenters. The zero-order valence-corrected chi connectivity index (χ0v) is 26.0. The zero-order chi connectivity index (χ0) is 31.9. The number of hydrogen-bond acceptors (Lipinski definition) is 9. The van der Waals surface area contributed by atoms with Gasteiger partial charge in [0.05, 0.1) is 24.4 Å². The van der Waals surface area contributed by atoms with Crippen LogP contribution in [0.2, 0.25) is 0 Å². The summed E-state index contributed by atoms with van der Waals surface area (Å²) in [6.07, 6.45) is 1.04. The van der Waals surface area contributed by atoms with Crippen molar-refractivity contribution in [3.8, 4) is 5.75 Å². The highest BCUT2D eigenvalue weighted by molar-refractivity contribution is 8.01. The van der Waals surface area contributed by atoms with Crippen LogP contribution in [0.5, 0.6) is 5.75 Å². The third-order valence-electron chi connectivity index (χ3n) is 8.12. The van der Waals surface area contributed by atoms with E-state index in [0.717, 1.165) is 5.56 Å². The standard InChI is InChI=1S/C31H34N8O5S/c1-4-39-23(12-17(2)37-39)29(43)35-30-34-21-13-19(27(32)41)14-24(44-3)25(21)38(30)11-7-10-33-28(42)22-16-45-31(36-22)15-18-8-5-6-9-20(18)26(31)40/h5-6,8-9,12-14,22,36H,4,7,10-11,15-16H2,1-3H3,(H2,32,41)(H,33,42)(H,34,35,43)/t22-,31?/m0/s1. The Morgan fingerprint density at radius 2 is 2.02 bits per heavy atom. The average Bonchev–Trinajstić information content (AvgIpc) is 3.79. The summed E-state index contributed by atoms with van der Waals surface area (Å²) in [7, 11) is 1.48. The number of imidazole rings is 1. The lowest BCUT2D eigenvalue weighted by Gasteiger charge is -2.22. The van der Waals surface area contributed by atoms with Crippen molar-refractivity contribution in [2.75, 3.05) is 24.7 Å². The first-order valence-electron chi connectivity index (χ1n) is 14.7. The molecule has 13 nitrogen and oxygen atoms in total. The molecule has 1 fully saturated rings. The quantitative estimate of drug-likeness (QED) is 0.192. The number of aromatic nitrogens is 4. The molecule has 2 atom stereocenters. The Morgan fingerprint density at radius 3 is 2.76 bits per heavy atom. The van der Waals surface area contributed by atoms with Crippen molar-refractivity contribution in [2.45, 2.75) is 50.7 Å². The number of fused-ring (bicyclic) bond motifs is 2. The molecule has 234 valence electrons. The van der Waals surface area contributed by atoms with Gasteiger partial charge in [-0.3, -0.25) is 34.5 Å². The van der Waals surface area contributed by atoms with E-state index in [1.807, 2.05) is 38.1 Å². The van der Waals surface area contributed by atoms with E-state index in [0.29, 0.717) is 72.0 Å². The minimum Gasteiger partial charge on any atom is -0.494 e. The van der Waals surface area contributed by atoms with E-state index in [4.69, 9.17) is 10.5 Å². The number of carbonyl (C=O) groups excluding carboxylic acids is 4. The molecule has 5 N–H and O–H groups in total. The molecule has 2 aliphatic rings. The monoisotopic (exact) mass is 630 g/mol. The van der Waals surface area contributed by atoms with E-state index in [2.05, 4.69) is 26.0 Å². The zero-order valence-electron chi connectivity index (χ0n) is 25.2. The number of hydrogen-bond donors (Lipinski definition) is 4. The lowest BCUT2D eigenvalue weighted by Crippen LogP contribution is -2.52. The molecule has 45 heavy (non-hydrogen) atoms. The van der Waals surface area contributed by atoms with Crippen LogP contribution in [0.3, 0.4) is 0 Å². The molecule has 3 amide bonds. The van der Waals surface area contributed by atoms with Crippen molar-refractivity contribution in [3.63, 3.8) is 0 Å². The number of aryl methyl sites for hydroxylation is 3. The van der Waals surface area contributed by atoms with Gasteiger partial charge in [-0.05, 0) is 44.0 Å². The number of nitrogens with one attached hydrogen (secondary N) is 3. The van der Waals surface area contributed by atoms with Crippen LogP contribution in [0.15, 0.2) is 42.5 Å². The lowest BCUT2D eigenvalue weighted by molar-refractivity contribution is -0.122. The summed E-state index contributed by atoms with van der Waals surface area (Å²) in [6.45, 7) is 4.91. The first-order valence-corrected chi connectivity index (χ1v) is 15.7. The van der Waals surface area contributed by atoms with Crippen LogP contribution >= 0.6 is 11.8 Å². The van der Waals surface area contributed by atoms with Crippen molar-refractivity contribution < 1.29 is 23.9 Å². The van der Waals surface area contributed by atoms with Gasteiger partial charge in [0.1, 0.15) is 21.8 Å². The first-order chi connectivity index (χ1) is 21.6. The maximum atomic E-state index is 13.3. The number of carbonyl (C=O) groups is 4. The Bertz CT molecular complexity index is 1850. The number of benzene rings is 2. The second-order valence-electron chi connectivity index (χ2n) is 11.1. The molecule has 4 aromatic rings. The summed E-state index contributed by atoms with van der Waals surface area (Å²) >= 11 is 1.48. The molecule has 1 aliphatic heterocycles. The topological polar surface area (TPSA) is 175 Å². The van der Waals surface area contributed by atoms with Crippen molar-refractivity contribution in [2.24, 2.45) is 5.73 Å². The van der Waals surface area contributed by atoms with Gasteiger partial charge < -0.3 is 20.4 Å². The molecular weight excluding hydrogens is 596 g/mol. The number of anilines is 1. The Hall–Kier alpha value is -4.69. The second kappa shape index (κ2) is 12.0. The molecule has 6 rings (SSSR count). The predicted octanol–water partition coefficient (Wildman–Crippen LogP) is 2.27. The van der Waals surface area contributed by atoms with Crippen molar-refractivity contribution in [1.82, 2.24) is 30.0 Å². The van der Waals surface area contributed by atoms with Crippen LogP contribution < -0.4 is 26.4 Å². The van der Waals surface area contributed by atoms with Crippen LogP contribution in [0.4, 0.5) is 5.95 Å². The molecule has 2 aromatic carbocycles. The predicted molar refractivity (Wildman–Crippen MR) is 170 cm³/mol. The summed E-state index contributed by atoms with van der Waals surface area (Å²) in [4.78, 5) is 55.4. The van der Waals surface area contributed by atoms with E-state index >= 15 is 0 Å². The highest BCUT2D eigenvalue weighted by atomic mass is 32.2. The van der Waals surface area contributed by atoms with Gasteiger partial charge in [0, 0.05) is 42.9 Å². The summed E-state index contributed by atoms with van der Waals surface area (Å²) in [5.74, 6) is -0.0844. The fraction of sp³-hybridized carbons (Fsp3) is 0.355. The molecular formula is C31H34N8O5S. The number of ether oxygens (including phenoxy) is 1. The summed E-state index contributed by atoms with van der Waals surface area (Å²) in [5, 5.41) is 13.5.